The molecule has 0 saturated carbocycles. The predicted octanol–water partition coefficient (Wildman–Crippen LogP) is 13.4. The number of aromatic nitrogens is 1. The summed E-state index contributed by atoms with van der Waals surface area (Å²) in [5.41, 5.74) is 7.14. The number of rotatable bonds is 10. The van der Waals surface area contributed by atoms with Gasteiger partial charge in [0, 0.05) is 38.0 Å². The van der Waals surface area contributed by atoms with Crippen LogP contribution in [0.5, 0.6) is 0 Å². The number of ketones is 1. The Kier molecular flexibility index (Phi) is 13.4. The summed E-state index contributed by atoms with van der Waals surface area (Å²) in [4.78, 5) is 16.7. The normalized spacial score (nSPS) is 12.6. The first-order chi connectivity index (χ1) is 24.2. The summed E-state index contributed by atoms with van der Waals surface area (Å²) in [6.07, 6.45) is 6.81. The van der Waals surface area contributed by atoms with E-state index in [1.165, 1.54) is 17.2 Å². The van der Waals surface area contributed by atoms with Gasteiger partial charge in [-0.3, -0.25) is 4.79 Å². The number of benzene rings is 4. The molecule has 0 aliphatic rings. The van der Waals surface area contributed by atoms with Crippen molar-refractivity contribution in [2.75, 3.05) is 0 Å². The minimum Gasteiger partial charge on any atom is -0.512 e. The van der Waals surface area contributed by atoms with E-state index in [0.29, 0.717) is 5.89 Å². The fourth-order valence-electron chi connectivity index (χ4n) is 7.05. The van der Waals surface area contributed by atoms with E-state index in [2.05, 4.69) is 90.1 Å². The molecular formula is C46H56IrNO4-. The van der Waals surface area contributed by atoms with Crippen LogP contribution in [-0.2, 0) is 37.7 Å². The molecule has 2 aromatic heterocycles. The molecule has 0 spiro atoms. The summed E-state index contributed by atoms with van der Waals surface area (Å²) in [5, 5.41) is 13.9. The molecule has 279 valence electrons. The van der Waals surface area contributed by atoms with E-state index in [0.717, 1.165) is 87.9 Å². The number of hydrogen-bond donors (Lipinski definition) is 1. The molecule has 0 unspecified atom stereocenters. The molecule has 52 heavy (non-hydrogen) atoms. The van der Waals surface area contributed by atoms with E-state index in [1.807, 2.05) is 45.9 Å². The van der Waals surface area contributed by atoms with E-state index in [-0.39, 0.29) is 54.3 Å². The number of carbonyl (C=O) groups excluding carboxylic acids is 1. The number of para-hydroxylation sites is 1. The van der Waals surface area contributed by atoms with Crippen LogP contribution in [0.2, 0.25) is 0 Å². The molecule has 0 amide bonds. The average molecular weight is 879 g/mol. The summed E-state index contributed by atoms with van der Waals surface area (Å²) in [5.74, 6) is 1.13. The number of nitrogens with zero attached hydrogens (tertiary/aromatic N) is 1. The Morgan fingerprint density at radius 3 is 2.08 bits per heavy atom. The average Bonchev–Trinajstić information content (AvgIpc) is 3.67. The van der Waals surface area contributed by atoms with Crippen molar-refractivity contribution in [3.05, 3.63) is 89.7 Å². The molecule has 6 rings (SSSR count). The number of oxazole rings is 1. The van der Waals surface area contributed by atoms with E-state index >= 15 is 0 Å². The zero-order valence-electron chi connectivity index (χ0n) is 32.7. The van der Waals surface area contributed by atoms with Crippen molar-refractivity contribution in [1.29, 1.82) is 0 Å². The quantitative estimate of drug-likeness (QED) is 0.0843. The molecule has 1 N–H and O–H groups in total. The van der Waals surface area contributed by atoms with Crippen molar-refractivity contribution in [1.82, 2.24) is 4.98 Å². The topological polar surface area (TPSA) is 76.5 Å². The number of aliphatic hydroxyl groups excluding tert-OH is 1. The van der Waals surface area contributed by atoms with Gasteiger partial charge in [-0.1, -0.05) is 117 Å². The molecule has 0 aliphatic heterocycles. The summed E-state index contributed by atoms with van der Waals surface area (Å²) >= 11 is 0. The van der Waals surface area contributed by atoms with Crippen LogP contribution >= 0.6 is 0 Å². The van der Waals surface area contributed by atoms with E-state index < -0.39 is 0 Å². The minimum absolute atomic E-state index is 0. The van der Waals surface area contributed by atoms with Gasteiger partial charge in [0.15, 0.2) is 11.7 Å². The Morgan fingerprint density at radius 1 is 0.788 bits per heavy atom. The fraction of sp³-hybridized carbons (Fsp3) is 0.435. The number of hydrogen-bond acceptors (Lipinski definition) is 5. The van der Waals surface area contributed by atoms with E-state index in [9.17, 15) is 9.90 Å². The monoisotopic (exact) mass is 879 g/mol. The van der Waals surface area contributed by atoms with Crippen LogP contribution in [0.25, 0.3) is 55.3 Å². The second-order valence-electron chi connectivity index (χ2n) is 16.4. The molecule has 0 aliphatic carbocycles. The number of carbonyl (C=O) groups is 1. The number of aliphatic hydroxyl groups is 1. The van der Waals surface area contributed by atoms with Crippen molar-refractivity contribution in [3.8, 4) is 11.5 Å². The summed E-state index contributed by atoms with van der Waals surface area (Å²) in [6, 6.07) is 24.7. The number of fused-ring (bicyclic) bond motifs is 6. The van der Waals surface area contributed by atoms with Crippen LogP contribution in [0.15, 0.2) is 81.3 Å². The molecule has 4 aromatic carbocycles. The maximum atomic E-state index is 11.7. The van der Waals surface area contributed by atoms with E-state index in [1.54, 1.807) is 0 Å². The number of allylic oxidation sites excluding steroid dienone is 2. The first-order valence-electron chi connectivity index (χ1n) is 18.8. The first-order valence-corrected chi connectivity index (χ1v) is 18.8. The third kappa shape index (κ3) is 9.43. The van der Waals surface area contributed by atoms with Gasteiger partial charge >= 0.3 is 0 Å². The van der Waals surface area contributed by atoms with Gasteiger partial charge < -0.3 is 13.9 Å². The fourth-order valence-corrected chi connectivity index (χ4v) is 7.05. The van der Waals surface area contributed by atoms with E-state index in [4.69, 9.17) is 13.8 Å². The second kappa shape index (κ2) is 16.9. The Balaban J connectivity index is 0.000000323. The minimum atomic E-state index is 0. The Labute approximate surface area is 323 Å². The third-order valence-electron chi connectivity index (χ3n) is 9.68. The van der Waals surface area contributed by atoms with Gasteiger partial charge in [-0.15, -0.1) is 17.5 Å². The molecule has 0 fully saturated rings. The van der Waals surface area contributed by atoms with Crippen molar-refractivity contribution in [3.63, 3.8) is 0 Å². The maximum Gasteiger partial charge on any atom is 0.162 e. The van der Waals surface area contributed by atoms with Gasteiger partial charge in [-0.25, -0.2) is 4.98 Å². The number of furan rings is 1. The van der Waals surface area contributed by atoms with Crippen LogP contribution in [0.3, 0.4) is 0 Å². The van der Waals surface area contributed by atoms with Crippen LogP contribution in [-0.4, -0.2) is 15.9 Å². The molecular weight excluding hydrogens is 823 g/mol. The molecule has 1 radical (unpaired) electrons. The van der Waals surface area contributed by atoms with Crippen LogP contribution in [0, 0.1) is 28.7 Å². The molecule has 0 bridgehead atoms. The Hall–Kier alpha value is -3.73. The van der Waals surface area contributed by atoms with Crippen molar-refractivity contribution >= 4 is 49.6 Å². The SMILES string of the molecule is CC(C)(C)Cc1ccc2c(c1)oc1c3ccccc3[c-]c(-c3nc4cccc(CC(C)(C)C)c4o3)c21.CCC(CC)C(=O)/C=C(\O)C(CC)CC.[Ir]. The zero-order valence-corrected chi connectivity index (χ0v) is 35.1. The molecule has 0 atom stereocenters. The molecule has 5 nitrogen and oxygen atoms in total. The van der Waals surface area contributed by atoms with Crippen molar-refractivity contribution < 1.29 is 38.8 Å². The van der Waals surface area contributed by atoms with Gasteiger partial charge in [0.1, 0.15) is 11.2 Å². The van der Waals surface area contributed by atoms with Gasteiger partial charge in [-0.2, -0.15) is 0 Å². The van der Waals surface area contributed by atoms with Crippen molar-refractivity contribution in [2.24, 2.45) is 22.7 Å². The largest absolute Gasteiger partial charge is 0.512 e. The molecule has 0 saturated heterocycles. The van der Waals surface area contributed by atoms with Gasteiger partial charge in [0.2, 0.25) is 0 Å². The van der Waals surface area contributed by atoms with Crippen molar-refractivity contribution in [2.45, 2.75) is 108 Å². The first kappa shape index (κ1) is 41.0. The van der Waals surface area contributed by atoms with Gasteiger partial charge in [0.25, 0.3) is 0 Å². The Bertz CT molecular complexity index is 2160. The zero-order chi connectivity index (χ0) is 37.1. The smallest absolute Gasteiger partial charge is 0.162 e. The van der Waals surface area contributed by atoms with Gasteiger partial charge in [-0.05, 0) is 88.8 Å². The maximum absolute atomic E-state index is 11.7. The van der Waals surface area contributed by atoms with Crippen LogP contribution in [0.4, 0.5) is 0 Å². The molecule has 6 heteroatoms. The van der Waals surface area contributed by atoms with Crippen LogP contribution < -0.4 is 0 Å². The summed E-state index contributed by atoms with van der Waals surface area (Å²) in [7, 11) is 0. The van der Waals surface area contributed by atoms with Gasteiger partial charge in [0.05, 0.1) is 16.9 Å². The Morgan fingerprint density at radius 2 is 1.44 bits per heavy atom. The molecule has 6 aromatic rings. The predicted molar refractivity (Wildman–Crippen MR) is 213 cm³/mol. The van der Waals surface area contributed by atoms with Crippen LogP contribution in [0.1, 0.15) is 106 Å². The third-order valence-corrected chi connectivity index (χ3v) is 9.68. The summed E-state index contributed by atoms with van der Waals surface area (Å²) < 4.78 is 13.1. The second-order valence-corrected chi connectivity index (χ2v) is 16.4. The molecule has 2 heterocycles. The summed E-state index contributed by atoms with van der Waals surface area (Å²) in [6.45, 7) is 21.6. The standard InChI is InChI=1S/C33H32NO2.C13H24O2.Ir/c1-32(2,3)18-20-14-15-24-27(16-20)35-30-23-12-8-7-10-21(23)17-25(28(24)30)31-34-26-13-9-11-22(29(26)36-31)19-33(4,5)6;1-5-10(6-2)12(14)9-13(15)11(7-3)8-4;/h7-16H,18-19H2,1-6H3;9-11,14H,5-8H2,1-4H3;/q-1;;/b;12-9-;.